The Morgan fingerprint density at radius 2 is 2.06 bits per heavy atom. The molecule has 0 aliphatic carbocycles. The first-order valence-electron chi connectivity index (χ1n) is 5.92. The zero-order chi connectivity index (χ0) is 14.0. The van der Waals surface area contributed by atoms with E-state index in [4.69, 9.17) is 14.9 Å². The lowest BCUT2D eigenvalue weighted by atomic mass is 10.1. The van der Waals surface area contributed by atoms with Gasteiger partial charge in [-0.05, 0) is 6.42 Å². The third-order valence-electron chi connectivity index (χ3n) is 2.46. The Labute approximate surface area is 107 Å². The Bertz CT molecular complexity index is 260. The highest BCUT2D eigenvalue weighted by atomic mass is 16.5. The van der Waals surface area contributed by atoms with Gasteiger partial charge in [-0.15, -0.1) is 0 Å². The van der Waals surface area contributed by atoms with Gasteiger partial charge in [-0.2, -0.15) is 0 Å². The molecule has 0 rings (SSSR count). The number of ether oxygens (including phenoxy) is 1. The lowest BCUT2D eigenvalue weighted by Gasteiger charge is -2.24. The van der Waals surface area contributed by atoms with Gasteiger partial charge in [-0.1, -0.05) is 6.92 Å². The van der Waals surface area contributed by atoms with Crippen LogP contribution in [0.4, 0.5) is 4.79 Å². The van der Waals surface area contributed by atoms with E-state index in [1.165, 1.54) is 12.0 Å². The number of carboxylic acid groups (broad SMARTS) is 1. The summed E-state index contributed by atoms with van der Waals surface area (Å²) >= 11 is 0. The highest BCUT2D eigenvalue weighted by molar-refractivity contribution is 5.76. The second-order valence-electron chi connectivity index (χ2n) is 3.86. The zero-order valence-electron chi connectivity index (χ0n) is 10.9. The van der Waals surface area contributed by atoms with E-state index in [9.17, 15) is 9.59 Å². The topological polar surface area (TPSA) is 99.1 Å². The van der Waals surface area contributed by atoms with Gasteiger partial charge in [-0.3, -0.25) is 4.79 Å². The van der Waals surface area contributed by atoms with Crippen LogP contribution in [-0.2, 0) is 9.53 Å². The number of nitrogens with zero attached hydrogens (tertiary/aromatic N) is 1. The van der Waals surface area contributed by atoms with E-state index < -0.39 is 12.0 Å². The molecular weight excluding hydrogens is 240 g/mol. The maximum Gasteiger partial charge on any atom is 0.317 e. The van der Waals surface area contributed by atoms with Crippen LogP contribution in [0.2, 0.25) is 0 Å². The van der Waals surface area contributed by atoms with Gasteiger partial charge < -0.3 is 25.2 Å². The first kappa shape index (κ1) is 16.7. The number of aliphatic hydroxyl groups excluding tert-OH is 1. The van der Waals surface area contributed by atoms with Gasteiger partial charge in [0.25, 0.3) is 0 Å². The Kier molecular flexibility index (Phi) is 8.95. The number of amides is 2. The number of carbonyl (C=O) groups is 2. The van der Waals surface area contributed by atoms with E-state index in [1.54, 1.807) is 6.92 Å². The summed E-state index contributed by atoms with van der Waals surface area (Å²) in [6, 6.07) is -0.784. The van der Waals surface area contributed by atoms with Gasteiger partial charge in [0.05, 0.1) is 19.6 Å². The number of urea groups is 1. The fourth-order valence-corrected chi connectivity index (χ4v) is 1.41. The number of hydrogen-bond donors (Lipinski definition) is 3. The third kappa shape index (κ3) is 7.08. The van der Waals surface area contributed by atoms with Crippen molar-refractivity contribution in [2.75, 3.05) is 33.4 Å². The fraction of sp³-hybridized carbons (Fsp3) is 0.818. The monoisotopic (exact) mass is 262 g/mol. The van der Waals surface area contributed by atoms with Gasteiger partial charge in [0.1, 0.15) is 0 Å². The predicted octanol–water partition coefficient (Wildman–Crippen LogP) is -0.110. The molecule has 0 radical (unpaired) electrons. The Morgan fingerprint density at radius 3 is 2.50 bits per heavy atom. The SMILES string of the molecule is CCC(CC(=O)O)NC(=O)N(CCO)CCOC. The van der Waals surface area contributed by atoms with Crippen molar-refractivity contribution in [3.63, 3.8) is 0 Å². The van der Waals surface area contributed by atoms with Crippen molar-refractivity contribution in [2.24, 2.45) is 0 Å². The van der Waals surface area contributed by atoms with Crippen LogP contribution in [0.1, 0.15) is 19.8 Å². The molecule has 0 aliphatic heterocycles. The minimum atomic E-state index is -0.951. The van der Waals surface area contributed by atoms with Gasteiger partial charge in [0, 0.05) is 26.2 Å². The van der Waals surface area contributed by atoms with Gasteiger partial charge >= 0.3 is 12.0 Å². The molecule has 0 saturated carbocycles. The molecule has 3 N–H and O–H groups in total. The molecule has 1 atom stereocenters. The van der Waals surface area contributed by atoms with E-state index in [2.05, 4.69) is 5.32 Å². The molecule has 0 saturated heterocycles. The molecule has 1 unspecified atom stereocenters. The molecule has 106 valence electrons. The summed E-state index contributed by atoms with van der Waals surface area (Å²) in [5.41, 5.74) is 0. The van der Waals surface area contributed by atoms with Crippen LogP contribution >= 0.6 is 0 Å². The molecule has 0 aliphatic rings. The lowest BCUT2D eigenvalue weighted by molar-refractivity contribution is -0.137. The summed E-state index contributed by atoms with van der Waals surface area (Å²) in [4.78, 5) is 23.8. The minimum Gasteiger partial charge on any atom is -0.481 e. The first-order chi connectivity index (χ1) is 8.54. The predicted molar refractivity (Wildman–Crippen MR) is 65.4 cm³/mol. The van der Waals surface area contributed by atoms with E-state index in [0.717, 1.165) is 0 Å². The first-order valence-corrected chi connectivity index (χ1v) is 5.92. The molecule has 18 heavy (non-hydrogen) atoms. The van der Waals surface area contributed by atoms with Crippen LogP contribution in [0.15, 0.2) is 0 Å². The van der Waals surface area contributed by atoms with Crippen molar-refractivity contribution in [1.82, 2.24) is 10.2 Å². The molecule has 0 bridgehead atoms. The number of rotatable bonds is 9. The number of carboxylic acids is 1. The number of aliphatic hydroxyl groups is 1. The molecule has 0 aromatic rings. The quantitative estimate of drug-likeness (QED) is 0.538. The van der Waals surface area contributed by atoms with Crippen molar-refractivity contribution in [3.8, 4) is 0 Å². The van der Waals surface area contributed by atoms with E-state index >= 15 is 0 Å². The minimum absolute atomic E-state index is 0.112. The smallest absolute Gasteiger partial charge is 0.317 e. The molecule has 0 spiro atoms. The largest absolute Gasteiger partial charge is 0.481 e. The summed E-state index contributed by atoms with van der Waals surface area (Å²) in [5, 5.41) is 20.2. The number of aliphatic carboxylic acids is 1. The molecule has 0 heterocycles. The molecule has 0 aromatic heterocycles. The summed E-state index contributed by atoms with van der Waals surface area (Å²) < 4.78 is 4.87. The second kappa shape index (κ2) is 9.67. The van der Waals surface area contributed by atoms with Gasteiger partial charge in [-0.25, -0.2) is 4.79 Å². The van der Waals surface area contributed by atoms with E-state index in [0.29, 0.717) is 19.6 Å². The van der Waals surface area contributed by atoms with Crippen molar-refractivity contribution in [3.05, 3.63) is 0 Å². The summed E-state index contributed by atoms with van der Waals surface area (Å²) in [6.07, 6.45) is 0.425. The summed E-state index contributed by atoms with van der Waals surface area (Å²) in [5.74, 6) is -0.951. The average Bonchev–Trinajstić information content (AvgIpc) is 2.32. The standard InChI is InChI=1S/C11H22N2O5/c1-3-9(8-10(15)16)12-11(17)13(4-6-14)5-7-18-2/h9,14H,3-8H2,1-2H3,(H,12,17)(H,15,16). The number of hydrogen-bond acceptors (Lipinski definition) is 4. The molecule has 7 nitrogen and oxygen atoms in total. The van der Waals surface area contributed by atoms with Crippen LogP contribution in [0.25, 0.3) is 0 Å². The van der Waals surface area contributed by atoms with Crippen LogP contribution in [0.5, 0.6) is 0 Å². The fourth-order valence-electron chi connectivity index (χ4n) is 1.41. The van der Waals surface area contributed by atoms with Crippen molar-refractivity contribution in [1.29, 1.82) is 0 Å². The Morgan fingerprint density at radius 1 is 1.39 bits per heavy atom. The third-order valence-corrected chi connectivity index (χ3v) is 2.46. The van der Waals surface area contributed by atoms with Crippen LogP contribution < -0.4 is 5.32 Å². The Hall–Kier alpha value is -1.34. The van der Waals surface area contributed by atoms with Crippen LogP contribution in [-0.4, -0.2) is 66.6 Å². The highest BCUT2D eigenvalue weighted by Gasteiger charge is 2.18. The lowest BCUT2D eigenvalue weighted by Crippen LogP contribution is -2.47. The normalized spacial score (nSPS) is 11.9. The molecular formula is C11H22N2O5. The maximum atomic E-state index is 11.8. The van der Waals surface area contributed by atoms with Crippen molar-refractivity contribution < 1.29 is 24.5 Å². The summed E-state index contributed by atoms with van der Waals surface area (Å²) in [6.45, 7) is 2.57. The molecule has 0 fully saturated rings. The van der Waals surface area contributed by atoms with Crippen LogP contribution in [0, 0.1) is 0 Å². The average molecular weight is 262 g/mol. The van der Waals surface area contributed by atoms with Gasteiger partial charge in [0.15, 0.2) is 0 Å². The second-order valence-corrected chi connectivity index (χ2v) is 3.86. The molecule has 0 aromatic carbocycles. The van der Waals surface area contributed by atoms with E-state index in [-0.39, 0.29) is 25.6 Å². The number of methoxy groups -OCH3 is 1. The number of carbonyl (C=O) groups excluding carboxylic acids is 1. The molecule has 2 amide bonds. The zero-order valence-corrected chi connectivity index (χ0v) is 10.9. The number of nitrogens with one attached hydrogen (secondary N) is 1. The Balaban J connectivity index is 4.32. The highest BCUT2D eigenvalue weighted by Crippen LogP contribution is 2.00. The van der Waals surface area contributed by atoms with E-state index in [1.807, 2.05) is 0 Å². The summed E-state index contributed by atoms with van der Waals surface area (Å²) in [7, 11) is 1.52. The van der Waals surface area contributed by atoms with Crippen LogP contribution in [0.3, 0.4) is 0 Å². The van der Waals surface area contributed by atoms with Crippen molar-refractivity contribution >= 4 is 12.0 Å². The maximum absolute atomic E-state index is 11.8. The van der Waals surface area contributed by atoms with Crippen molar-refractivity contribution in [2.45, 2.75) is 25.8 Å². The molecule has 7 heteroatoms. The van der Waals surface area contributed by atoms with Gasteiger partial charge in [0.2, 0.25) is 0 Å².